The molecular weight excluding hydrogens is 336 g/mol. The lowest BCUT2D eigenvalue weighted by atomic mass is 10.2. The number of rotatable bonds is 2. The molecule has 0 aliphatic carbocycles. The largest absolute Gasteiger partial charge is 0.374 e. The summed E-state index contributed by atoms with van der Waals surface area (Å²) < 4.78 is 7.07. The maximum atomic E-state index is 12.7. The van der Waals surface area contributed by atoms with E-state index in [2.05, 4.69) is 4.98 Å². The van der Waals surface area contributed by atoms with Crippen molar-refractivity contribution in [3.63, 3.8) is 0 Å². The van der Waals surface area contributed by atoms with Crippen LogP contribution in [0.4, 0.5) is 0 Å². The Hall–Kier alpha value is -2.74. The van der Waals surface area contributed by atoms with Gasteiger partial charge in [0.2, 0.25) is 11.8 Å². The molecule has 8 nitrogen and oxygen atoms in total. The second-order valence-corrected chi connectivity index (χ2v) is 6.72. The summed E-state index contributed by atoms with van der Waals surface area (Å²) in [7, 11) is 1.75. The zero-order chi connectivity index (χ0) is 18.3. The van der Waals surface area contributed by atoms with E-state index in [-0.39, 0.29) is 36.1 Å². The first-order valence-corrected chi connectivity index (χ1v) is 8.64. The molecule has 1 aromatic heterocycles. The Balaban J connectivity index is 1.52. The number of ether oxygens (including phenoxy) is 1. The normalized spacial score (nSPS) is 23.2. The fraction of sp³-hybridized carbons (Fsp3) is 0.444. The van der Waals surface area contributed by atoms with Crippen molar-refractivity contribution in [3.05, 3.63) is 40.9 Å². The van der Waals surface area contributed by atoms with E-state index in [4.69, 9.17) is 4.74 Å². The van der Waals surface area contributed by atoms with Gasteiger partial charge in [-0.05, 0) is 12.1 Å². The SMILES string of the molecule is CN1C(=O)CCO[C@H]2CN(C(=O)Cn3cnc4ccccc4c3=O)C[C@@H]21. The molecule has 2 amide bonds. The van der Waals surface area contributed by atoms with Gasteiger partial charge in [-0.15, -0.1) is 0 Å². The average Bonchev–Trinajstić information content (AvgIpc) is 3.02. The number of likely N-dealkylation sites (tertiary alicyclic amines) is 1. The monoisotopic (exact) mass is 356 g/mol. The summed E-state index contributed by atoms with van der Waals surface area (Å²) in [4.78, 5) is 44.8. The van der Waals surface area contributed by atoms with E-state index in [0.29, 0.717) is 37.0 Å². The van der Waals surface area contributed by atoms with Crippen LogP contribution in [0.25, 0.3) is 10.9 Å². The number of benzene rings is 1. The Morgan fingerprint density at radius 3 is 2.92 bits per heavy atom. The number of aromatic nitrogens is 2. The molecule has 0 unspecified atom stereocenters. The highest BCUT2D eigenvalue weighted by atomic mass is 16.5. The van der Waals surface area contributed by atoms with E-state index >= 15 is 0 Å². The molecule has 0 radical (unpaired) electrons. The molecule has 0 bridgehead atoms. The predicted octanol–water partition coefficient (Wildman–Crippen LogP) is -0.145. The van der Waals surface area contributed by atoms with Crippen LogP contribution in [0.1, 0.15) is 6.42 Å². The van der Waals surface area contributed by atoms with Crippen molar-refractivity contribution in [2.75, 3.05) is 26.7 Å². The van der Waals surface area contributed by atoms with Crippen molar-refractivity contribution in [1.29, 1.82) is 0 Å². The first kappa shape index (κ1) is 16.7. The summed E-state index contributed by atoms with van der Waals surface area (Å²) in [6, 6.07) is 6.92. The number of nitrogens with zero attached hydrogens (tertiary/aromatic N) is 4. The van der Waals surface area contributed by atoms with Gasteiger partial charge >= 0.3 is 0 Å². The zero-order valence-corrected chi connectivity index (χ0v) is 14.5. The Morgan fingerprint density at radius 2 is 2.08 bits per heavy atom. The topological polar surface area (TPSA) is 84.7 Å². The lowest BCUT2D eigenvalue weighted by Gasteiger charge is -2.25. The van der Waals surface area contributed by atoms with Crippen LogP contribution in [0.15, 0.2) is 35.4 Å². The predicted molar refractivity (Wildman–Crippen MR) is 93.5 cm³/mol. The van der Waals surface area contributed by atoms with Gasteiger partial charge in [0, 0.05) is 20.1 Å². The second-order valence-electron chi connectivity index (χ2n) is 6.72. The van der Waals surface area contributed by atoms with Crippen LogP contribution in [0.3, 0.4) is 0 Å². The van der Waals surface area contributed by atoms with Gasteiger partial charge in [0.05, 0.1) is 42.4 Å². The van der Waals surface area contributed by atoms with Gasteiger partial charge in [-0.25, -0.2) is 4.98 Å². The highest BCUT2D eigenvalue weighted by molar-refractivity contribution is 5.80. The van der Waals surface area contributed by atoms with Crippen molar-refractivity contribution < 1.29 is 14.3 Å². The number of hydrogen-bond acceptors (Lipinski definition) is 5. The molecule has 2 aliphatic rings. The standard InChI is InChI=1S/C18H20N4O4/c1-20-14-8-21(9-15(14)26-7-6-16(20)23)17(24)10-22-11-19-13-5-3-2-4-12(13)18(22)25/h2-5,11,14-15H,6-10H2,1H3/t14-,15-/m0/s1. The van der Waals surface area contributed by atoms with Crippen LogP contribution in [0.2, 0.25) is 0 Å². The van der Waals surface area contributed by atoms with E-state index < -0.39 is 0 Å². The van der Waals surface area contributed by atoms with Gasteiger partial charge in [-0.1, -0.05) is 12.1 Å². The Kier molecular flexibility index (Phi) is 4.20. The van der Waals surface area contributed by atoms with E-state index in [1.807, 2.05) is 6.07 Å². The number of amides is 2. The maximum absolute atomic E-state index is 12.7. The third-order valence-electron chi connectivity index (χ3n) is 5.17. The average molecular weight is 356 g/mol. The van der Waals surface area contributed by atoms with Gasteiger partial charge in [0.15, 0.2) is 0 Å². The number of fused-ring (bicyclic) bond motifs is 2. The van der Waals surface area contributed by atoms with Crippen molar-refractivity contribution >= 4 is 22.7 Å². The van der Waals surface area contributed by atoms with Gasteiger partial charge in [0.1, 0.15) is 6.54 Å². The molecule has 136 valence electrons. The Bertz CT molecular complexity index is 925. The smallest absolute Gasteiger partial charge is 0.261 e. The van der Waals surface area contributed by atoms with Gasteiger partial charge < -0.3 is 14.5 Å². The van der Waals surface area contributed by atoms with E-state index in [1.165, 1.54) is 10.9 Å². The molecule has 2 saturated heterocycles. The van der Waals surface area contributed by atoms with E-state index in [9.17, 15) is 14.4 Å². The Labute approximate surface area is 150 Å². The summed E-state index contributed by atoms with van der Waals surface area (Å²) >= 11 is 0. The molecule has 0 N–H and O–H groups in total. The summed E-state index contributed by atoms with van der Waals surface area (Å²) in [6.45, 7) is 1.15. The number of likely N-dealkylation sites (N-methyl/N-ethyl adjacent to an activating group) is 1. The number of hydrogen-bond donors (Lipinski definition) is 0. The summed E-state index contributed by atoms with van der Waals surface area (Å²) in [6.07, 6.45) is 1.60. The molecule has 2 aromatic rings. The quantitative estimate of drug-likeness (QED) is 0.747. The van der Waals surface area contributed by atoms with Crippen LogP contribution >= 0.6 is 0 Å². The molecule has 3 heterocycles. The highest BCUT2D eigenvalue weighted by Crippen LogP contribution is 2.22. The number of carbonyl (C=O) groups is 2. The molecule has 26 heavy (non-hydrogen) atoms. The van der Waals surface area contributed by atoms with Crippen molar-refractivity contribution in [1.82, 2.24) is 19.4 Å². The third kappa shape index (κ3) is 2.86. The first-order valence-electron chi connectivity index (χ1n) is 8.64. The molecular formula is C18H20N4O4. The summed E-state index contributed by atoms with van der Waals surface area (Å²) in [5.41, 5.74) is 0.374. The molecule has 0 spiro atoms. The Morgan fingerprint density at radius 1 is 1.27 bits per heavy atom. The van der Waals surface area contributed by atoms with Crippen molar-refractivity contribution in [2.45, 2.75) is 25.1 Å². The molecule has 2 atom stereocenters. The molecule has 8 heteroatoms. The highest BCUT2D eigenvalue weighted by Gasteiger charge is 2.41. The maximum Gasteiger partial charge on any atom is 0.261 e. The van der Waals surface area contributed by atoms with Crippen LogP contribution in [-0.4, -0.2) is 70.1 Å². The van der Waals surface area contributed by atoms with E-state index in [1.54, 1.807) is 35.0 Å². The van der Waals surface area contributed by atoms with Crippen LogP contribution in [0.5, 0.6) is 0 Å². The van der Waals surface area contributed by atoms with Crippen LogP contribution in [0, 0.1) is 0 Å². The molecule has 2 fully saturated rings. The summed E-state index contributed by atoms with van der Waals surface area (Å²) in [5.74, 6) is -0.150. The minimum absolute atomic E-state index is 0.0294. The lowest BCUT2D eigenvalue weighted by Crippen LogP contribution is -2.43. The lowest BCUT2D eigenvalue weighted by molar-refractivity contribution is -0.134. The van der Waals surface area contributed by atoms with Gasteiger partial charge in [0.25, 0.3) is 5.56 Å². The minimum Gasteiger partial charge on any atom is -0.374 e. The molecule has 2 aliphatic heterocycles. The molecule has 1 aromatic carbocycles. The molecule has 4 rings (SSSR count). The van der Waals surface area contributed by atoms with Crippen molar-refractivity contribution in [2.24, 2.45) is 0 Å². The number of para-hydroxylation sites is 1. The van der Waals surface area contributed by atoms with E-state index in [0.717, 1.165) is 0 Å². The summed E-state index contributed by atoms with van der Waals surface area (Å²) in [5, 5.41) is 0.489. The van der Waals surface area contributed by atoms with Gasteiger partial charge in [-0.3, -0.25) is 19.0 Å². The fourth-order valence-electron chi connectivity index (χ4n) is 3.62. The number of carbonyl (C=O) groups excluding carboxylic acids is 2. The molecule has 0 saturated carbocycles. The second kappa shape index (κ2) is 6.53. The van der Waals surface area contributed by atoms with Gasteiger partial charge in [-0.2, -0.15) is 0 Å². The fourth-order valence-corrected chi connectivity index (χ4v) is 3.62. The van der Waals surface area contributed by atoms with Crippen LogP contribution < -0.4 is 5.56 Å². The zero-order valence-electron chi connectivity index (χ0n) is 14.5. The third-order valence-corrected chi connectivity index (χ3v) is 5.17. The van der Waals surface area contributed by atoms with Crippen molar-refractivity contribution in [3.8, 4) is 0 Å². The first-order chi connectivity index (χ1) is 12.5. The van der Waals surface area contributed by atoms with Crippen LogP contribution in [-0.2, 0) is 20.9 Å². The minimum atomic E-state index is -0.235.